The van der Waals surface area contributed by atoms with E-state index in [2.05, 4.69) is 17.4 Å². The van der Waals surface area contributed by atoms with Gasteiger partial charge in [0, 0.05) is 25.2 Å². The molecule has 0 radical (unpaired) electrons. The van der Waals surface area contributed by atoms with Gasteiger partial charge in [0.15, 0.2) is 6.61 Å². The molecule has 1 aliphatic carbocycles. The van der Waals surface area contributed by atoms with Gasteiger partial charge < -0.3 is 15.0 Å². The first kappa shape index (κ1) is 19.9. The number of likely N-dealkylation sites (N-methyl/N-ethyl adjacent to an activating group) is 1. The predicted molar refractivity (Wildman–Crippen MR) is 110 cm³/mol. The molecule has 5 heteroatoms. The second-order valence-corrected chi connectivity index (χ2v) is 7.71. The lowest BCUT2D eigenvalue weighted by atomic mass is 10.1. The van der Waals surface area contributed by atoms with E-state index < -0.39 is 0 Å². The van der Waals surface area contributed by atoms with Crippen molar-refractivity contribution in [3.8, 4) is 5.75 Å². The smallest absolute Gasteiger partial charge is 0.260 e. The third-order valence-corrected chi connectivity index (χ3v) is 4.92. The van der Waals surface area contributed by atoms with Crippen molar-refractivity contribution in [1.82, 2.24) is 10.2 Å². The number of carbonyl (C=O) groups excluding carboxylic acids is 2. The molecule has 2 aromatic carbocycles. The van der Waals surface area contributed by atoms with E-state index in [-0.39, 0.29) is 18.4 Å². The number of nitrogens with one attached hydrogen (secondary N) is 1. The molecule has 0 saturated heterocycles. The van der Waals surface area contributed by atoms with Gasteiger partial charge in [-0.05, 0) is 62.4 Å². The Balaban J connectivity index is 1.53. The van der Waals surface area contributed by atoms with Crippen LogP contribution in [0.15, 0.2) is 36.4 Å². The number of hydrogen-bond donors (Lipinski definition) is 1. The molecule has 3 rings (SSSR count). The van der Waals surface area contributed by atoms with Gasteiger partial charge in [-0.25, -0.2) is 0 Å². The highest BCUT2D eigenvalue weighted by molar-refractivity contribution is 5.94. The van der Waals surface area contributed by atoms with Crippen molar-refractivity contribution < 1.29 is 14.3 Å². The van der Waals surface area contributed by atoms with Crippen LogP contribution in [0.5, 0.6) is 5.75 Å². The number of benzene rings is 2. The van der Waals surface area contributed by atoms with Gasteiger partial charge in [-0.1, -0.05) is 29.8 Å². The van der Waals surface area contributed by atoms with Crippen molar-refractivity contribution in [3.05, 3.63) is 64.2 Å². The fourth-order valence-corrected chi connectivity index (χ4v) is 3.26. The second kappa shape index (κ2) is 8.46. The van der Waals surface area contributed by atoms with E-state index in [1.165, 1.54) is 5.56 Å². The van der Waals surface area contributed by atoms with Gasteiger partial charge in [-0.15, -0.1) is 0 Å². The first-order valence-corrected chi connectivity index (χ1v) is 9.68. The molecule has 2 amide bonds. The normalized spacial score (nSPS) is 13.1. The SMILES string of the molecule is Cc1cc(C)c(OCC(=O)N(C)Cc2ccc(C(=O)NC3CC3)cc2)c(C)c1. The molecule has 0 aromatic heterocycles. The maximum Gasteiger partial charge on any atom is 0.260 e. The topological polar surface area (TPSA) is 58.6 Å². The third-order valence-electron chi connectivity index (χ3n) is 4.92. The first-order chi connectivity index (χ1) is 13.3. The van der Waals surface area contributed by atoms with Gasteiger partial charge in [0.05, 0.1) is 0 Å². The molecule has 28 heavy (non-hydrogen) atoms. The number of hydrogen-bond acceptors (Lipinski definition) is 3. The van der Waals surface area contributed by atoms with Crippen LogP contribution in [0, 0.1) is 20.8 Å². The number of carbonyl (C=O) groups is 2. The summed E-state index contributed by atoms with van der Waals surface area (Å²) >= 11 is 0. The molecular formula is C23H28N2O3. The summed E-state index contributed by atoms with van der Waals surface area (Å²) in [6.45, 7) is 6.50. The first-order valence-electron chi connectivity index (χ1n) is 9.68. The van der Waals surface area contributed by atoms with Crippen LogP contribution in [-0.2, 0) is 11.3 Å². The van der Waals surface area contributed by atoms with Crippen LogP contribution in [0.3, 0.4) is 0 Å². The van der Waals surface area contributed by atoms with Crippen molar-refractivity contribution >= 4 is 11.8 Å². The average Bonchev–Trinajstić information content (AvgIpc) is 3.45. The summed E-state index contributed by atoms with van der Waals surface area (Å²) in [5.41, 5.74) is 4.88. The summed E-state index contributed by atoms with van der Waals surface area (Å²) in [4.78, 5) is 26.1. The van der Waals surface area contributed by atoms with Crippen molar-refractivity contribution in [2.75, 3.05) is 13.7 Å². The lowest BCUT2D eigenvalue weighted by molar-refractivity contribution is -0.132. The summed E-state index contributed by atoms with van der Waals surface area (Å²) < 4.78 is 5.79. The summed E-state index contributed by atoms with van der Waals surface area (Å²) in [5.74, 6) is 0.657. The molecule has 1 saturated carbocycles. The fraction of sp³-hybridized carbons (Fsp3) is 0.391. The summed E-state index contributed by atoms with van der Waals surface area (Å²) in [6.07, 6.45) is 2.14. The van der Waals surface area contributed by atoms with Gasteiger partial charge in [0.1, 0.15) is 5.75 Å². The van der Waals surface area contributed by atoms with Crippen molar-refractivity contribution in [1.29, 1.82) is 0 Å². The Hall–Kier alpha value is -2.82. The average molecular weight is 380 g/mol. The molecule has 1 aliphatic rings. The van der Waals surface area contributed by atoms with E-state index >= 15 is 0 Å². The minimum Gasteiger partial charge on any atom is -0.483 e. The minimum absolute atomic E-state index is 0.00309. The Labute approximate surface area is 166 Å². The lowest BCUT2D eigenvalue weighted by Gasteiger charge is -2.19. The Morgan fingerprint density at radius 1 is 1.07 bits per heavy atom. The summed E-state index contributed by atoms with van der Waals surface area (Å²) in [6, 6.07) is 11.8. The van der Waals surface area contributed by atoms with Crippen LogP contribution in [0.4, 0.5) is 0 Å². The van der Waals surface area contributed by atoms with Crippen LogP contribution < -0.4 is 10.1 Å². The second-order valence-electron chi connectivity index (χ2n) is 7.71. The number of nitrogens with zero attached hydrogens (tertiary/aromatic N) is 1. The predicted octanol–water partition coefficient (Wildman–Crippen LogP) is 3.54. The highest BCUT2D eigenvalue weighted by Crippen LogP contribution is 2.24. The Bertz CT molecular complexity index is 847. The van der Waals surface area contributed by atoms with Gasteiger partial charge >= 0.3 is 0 Å². The molecular weight excluding hydrogens is 352 g/mol. The standard InChI is InChI=1S/C23H28N2O3/c1-15-11-16(2)22(17(3)12-15)28-14-21(26)25(4)13-18-5-7-19(8-6-18)23(27)24-20-9-10-20/h5-8,11-12,20H,9-10,13-14H2,1-4H3,(H,24,27). The number of aryl methyl sites for hydroxylation is 3. The highest BCUT2D eigenvalue weighted by Gasteiger charge is 2.23. The zero-order valence-electron chi connectivity index (χ0n) is 17.0. The molecule has 0 atom stereocenters. The van der Waals surface area contributed by atoms with Crippen molar-refractivity contribution in [2.24, 2.45) is 0 Å². The molecule has 148 valence electrons. The molecule has 0 aliphatic heterocycles. The van der Waals surface area contributed by atoms with E-state index in [1.807, 2.05) is 32.9 Å². The van der Waals surface area contributed by atoms with Crippen LogP contribution in [0.25, 0.3) is 0 Å². The molecule has 2 aromatic rings. The van der Waals surface area contributed by atoms with Gasteiger partial charge in [-0.2, -0.15) is 0 Å². The van der Waals surface area contributed by atoms with E-state index in [4.69, 9.17) is 4.74 Å². The molecule has 5 nitrogen and oxygen atoms in total. The highest BCUT2D eigenvalue weighted by atomic mass is 16.5. The van der Waals surface area contributed by atoms with E-state index in [9.17, 15) is 9.59 Å². The molecule has 1 N–H and O–H groups in total. The zero-order chi connectivity index (χ0) is 20.3. The summed E-state index contributed by atoms with van der Waals surface area (Å²) in [5, 5.41) is 2.97. The van der Waals surface area contributed by atoms with Crippen molar-refractivity contribution in [3.63, 3.8) is 0 Å². The van der Waals surface area contributed by atoms with Crippen LogP contribution in [0.2, 0.25) is 0 Å². The fourth-order valence-electron chi connectivity index (χ4n) is 3.26. The maximum absolute atomic E-state index is 12.5. The lowest BCUT2D eigenvalue weighted by Crippen LogP contribution is -2.31. The van der Waals surface area contributed by atoms with E-state index in [0.717, 1.165) is 35.3 Å². The Kier molecular flexibility index (Phi) is 6.02. The van der Waals surface area contributed by atoms with Crippen LogP contribution in [0.1, 0.15) is 45.5 Å². The minimum atomic E-state index is -0.0880. The molecule has 0 spiro atoms. The molecule has 0 heterocycles. The van der Waals surface area contributed by atoms with Crippen LogP contribution in [-0.4, -0.2) is 36.4 Å². The number of ether oxygens (including phenoxy) is 1. The molecule has 0 bridgehead atoms. The zero-order valence-corrected chi connectivity index (χ0v) is 17.0. The molecule has 0 unspecified atom stereocenters. The van der Waals surface area contributed by atoms with E-state index in [0.29, 0.717) is 18.2 Å². The van der Waals surface area contributed by atoms with Gasteiger partial charge in [0.25, 0.3) is 11.8 Å². The van der Waals surface area contributed by atoms with Gasteiger partial charge in [0.2, 0.25) is 0 Å². The van der Waals surface area contributed by atoms with Crippen molar-refractivity contribution in [2.45, 2.75) is 46.2 Å². The quantitative estimate of drug-likeness (QED) is 0.799. The Morgan fingerprint density at radius 3 is 2.25 bits per heavy atom. The van der Waals surface area contributed by atoms with Gasteiger partial charge in [-0.3, -0.25) is 9.59 Å². The van der Waals surface area contributed by atoms with E-state index in [1.54, 1.807) is 24.1 Å². The monoisotopic (exact) mass is 380 g/mol. The summed E-state index contributed by atoms with van der Waals surface area (Å²) in [7, 11) is 1.76. The third kappa shape index (κ3) is 5.12. The number of rotatable bonds is 7. The van der Waals surface area contributed by atoms with Crippen LogP contribution >= 0.6 is 0 Å². The number of amides is 2. The Morgan fingerprint density at radius 2 is 1.68 bits per heavy atom. The largest absolute Gasteiger partial charge is 0.483 e. The maximum atomic E-state index is 12.5. The molecule has 1 fully saturated rings.